The van der Waals surface area contributed by atoms with Crippen molar-refractivity contribution in [3.8, 4) is 6.07 Å². The van der Waals surface area contributed by atoms with Gasteiger partial charge in [-0.15, -0.1) is 0 Å². The molecule has 27 heavy (non-hydrogen) atoms. The van der Waals surface area contributed by atoms with Crippen LogP contribution >= 0.6 is 0 Å². The molecule has 1 saturated heterocycles. The molecule has 1 unspecified atom stereocenters. The van der Waals surface area contributed by atoms with Gasteiger partial charge in [-0.3, -0.25) is 4.98 Å². The van der Waals surface area contributed by atoms with Gasteiger partial charge in [0.05, 0.1) is 29.1 Å². The molecule has 0 spiro atoms. The Labute approximate surface area is 156 Å². The maximum atomic E-state index is 13.3. The zero-order chi connectivity index (χ0) is 19.6. The van der Waals surface area contributed by atoms with E-state index in [9.17, 15) is 13.2 Å². The number of alkyl halides is 3. The van der Waals surface area contributed by atoms with Crippen molar-refractivity contribution in [1.82, 2.24) is 4.98 Å². The fourth-order valence-corrected chi connectivity index (χ4v) is 3.51. The quantitative estimate of drug-likeness (QED) is 0.799. The summed E-state index contributed by atoms with van der Waals surface area (Å²) in [4.78, 5) is 8.34. The summed E-state index contributed by atoms with van der Waals surface area (Å²) >= 11 is 0. The molecule has 2 heterocycles. The Morgan fingerprint density at radius 1 is 1.26 bits per heavy atom. The molecule has 0 aliphatic carbocycles. The van der Waals surface area contributed by atoms with Gasteiger partial charge in [0.25, 0.3) is 0 Å². The van der Waals surface area contributed by atoms with Crippen LogP contribution in [0.4, 0.5) is 24.5 Å². The summed E-state index contributed by atoms with van der Waals surface area (Å²) < 4.78 is 39.8. The van der Waals surface area contributed by atoms with E-state index >= 15 is 0 Å². The molecule has 3 rings (SSSR count). The molecule has 1 fully saturated rings. The number of hydrogen-bond donors (Lipinski definition) is 0. The van der Waals surface area contributed by atoms with E-state index in [1.54, 1.807) is 18.3 Å². The molecule has 0 bridgehead atoms. The zero-order valence-electron chi connectivity index (χ0n) is 15.3. The molecular formula is C20H21F3N4. The van der Waals surface area contributed by atoms with Crippen molar-refractivity contribution < 1.29 is 13.2 Å². The lowest BCUT2D eigenvalue weighted by molar-refractivity contribution is -0.137. The van der Waals surface area contributed by atoms with E-state index in [1.807, 2.05) is 25.1 Å². The number of nitriles is 1. The second-order valence-corrected chi connectivity index (χ2v) is 6.91. The van der Waals surface area contributed by atoms with Gasteiger partial charge in [-0.2, -0.15) is 18.4 Å². The molecule has 1 aliphatic rings. The summed E-state index contributed by atoms with van der Waals surface area (Å²) in [5, 5.41) is 8.97. The summed E-state index contributed by atoms with van der Waals surface area (Å²) in [5.41, 5.74) is 1.34. The van der Waals surface area contributed by atoms with Gasteiger partial charge in [-0.05, 0) is 49.6 Å². The minimum atomic E-state index is -4.55. The van der Waals surface area contributed by atoms with Gasteiger partial charge in [-0.1, -0.05) is 0 Å². The highest BCUT2D eigenvalue weighted by Crippen LogP contribution is 2.35. The maximum Gasteiger partial charge on any atom is 0.417 e. The van der Waals surface area contributed by atoms with Crippen LogP contribution < -0.4 is 9.80 Å². The molecule has 0 amide bonds. The molecule has 142 valence electrons. The van der Waals surface area contributed by atoms with Crippen molar-refractivity contribution in [2.45, 2.75) is 32.0 Å². The number of hydrogen-bond acceptors (Lipinski definition) is 4. The number of pyridine rings is 1. The average Bonchev–Trinajstić information content (AvgIpc) is 2.66. The fraction of sp³-hybridized carbons (Fsp3) is 0.400. The lowest BCUT2D eigenvalue weighted by Crippen LogP contribution is -2.46. The summed E-state index contributed by atoms with van der Waals surface area (Å²) in [5.74, 6) is 0. The van der Waals surface area contributed by atoms with Crippen LogP contribution in [-0.4, -0.2) is 31.2 Å². The van der Waals surface area contributed by atoms with Gasteiger partial charge in [0.2, 0.25) is 0 Å². The van der Waals surface area contributed by atoms with E-state index in [-0.39, 0.29) is 11.6 Å². The minimum Gasteiger partial charge on any atom is -0.370 e. The third kappa shape index (κ3) is 4.16. The molecule has 0 N–H and O–H groups in total. The van der Waals surface area contributed by atoms with Crippen LogP contribution in [0.5, 0.6) is 0 Å². The van der Waals surface area contributed by atoms with Crippen molar-refractivity contribution in [2.24, 2.45) is 0 Å². The largest absolute Gasteiger partial charge is 0.417 e. The van der Waals surface area contributed by atoms with Crippen molar-refractivity contribution in [3.05, 3.63) is 53.3 Å². The van der Waals surface area contributed by atoms with Crippen molar-refractivity contribution in [2.75, 3.05) is 29.9 Å². The predicted molar refractivity (Wildman–Crippen MR) is 98.8 cm³/mol. The Morgan fingerprint density at radius 3 is 2.70 bits per heavy atom. The van der Waals surface area contributed by atoms with Crippen molar-refractivity contribution in [1.29, 1.82) is 5.26 Å². The lowest BCUT2D eigenvalue weighted by atomic mass is 10.0. The van der Waals surface area contributed by atoms with Crippen LogP contribution in [0.3, 0.4) is 0 Å². The van der Waals surface area contributed by atoms with Crippen LogP contribution in [0, 0.1) is 18.3 Å². The number of piperidine rings is 1. The molecule has 2 aromatic rings. The van der Waals surface area contributed by atoms with Gasteiger partial charge in [0.1, 0.15) is 0 Å². The standard InChI is InChI=1S/C20H21F3N4/c1-14-8-18(12-25-11-14)27-7-3-4-17(13-27)26(2)16-6-5-15(10-24)19(9-16)20(21,22)23/h5-6,8-9,11-12,17H,3-4,7,13H2,1-2H3. The maximum absolute atomic E-state index is 13.3. The number of likely N-dealkylation sites (N-methyl/N-ethyl adjacent to an activating group) is 1. The molecule has 1 aliphatic heterocycles. The van der Waals surface area contributed by atoms with E-state index in [2.05, 4.69) is 16.0 Å². The molecule has 0 saturated carbocycles. The Balaban J connectivity index is 1.83. The molecule has 1 atom stereocenters. The molecular weight excluding hydrogens is 353 g/mol. The average molecular weight is 374 g/mol. The summed E-state index contributed by atoms with van der Waals surface area (Å²) in [6.07, 6.45) is 0.915. The van der Waals surface area contributed by atoms with Crippen LogP contribution in [0.15, 0.2) is 36.7 Å². The second-order valence-electron chi connectivity index (χ2n) is 6.91. The van der Waals surface area contributed by atoms with E-state index in [0.717, 1.165) is 36.7 Å². The number of rotatable bonds is 3. The SMILES string of the molecule is Cc1cncc(N2CCCC(N(C)c3ccc(C#N)c(C(F)(F)F)c3)C2)c1. The normalized spacial score (nSPS) is 17.5. The van der Waals surface area contributed by atoms with Gasteiger partial charge in [0.15, 0.2) is 0 Å². The molecule has 1 aromatic carbocycles. The summed E-state index contributed by atoms with van der Waals surface area (Å²) in [7, 11) is 1.81. The third-order valence-corrected chi connectivity index (χ3v) is 5.01. The fourth-order valence-electron chi connectivity index (χ4n) is 3.51. The van der Waals surface area contributed by atoms with Crippen LogP contribution in [0.25, 0.3) is 0 Å². The Hall–Kier alpha value is -2.75. The molecule has 1 aromatic heterocycles. The zero-order valence-corrected chi connectivity index (χ0v) is 15.3. The first kappa shape index (κ1) is 19.0. The first-order valence-corrected chi connectivity index (χ1v) is 8.80. The van der Waals surface area contributed by atoms with Gasteiger partial charge in [-0.25, -0.2) is 0 Å². The first-order valence-electron chi connectivity index (χ1n) is 8.80. The highest BCUT2D eigenvalue weighted by Gasteiger charge is 2.34. The summed E-state index contributed by atoms with van der Waals surface area (Å²) in [6.45, 7) is 3.60. The van der Waals surface area contributed by atoms with Crippen LogP contribution in [0.1, 0.15) is 29.5 Å². The number of aryl methyl sites for hydroxylation is 1. The monoisotopic (exact) mass is 374 g/mol. The lowest BCUT2D eigenvalue weighted by Gasteiger charge is -2.40. The molecule has 7 heteroatoms. The molecule has 0 radical (unpaired) electrons. The van der Waals surface area contributed by atoms with Crippen molar-refractivity contribution >= 4 is 11.4 Å². The van der Waals surface area contributed by atoms with Crippen LogP contribution in [0.2, 0.25) is 0 Å². The van der Waals surface area contributed by atoms with E-state index < -0.39 is 11.7 Å². The number of benzene rings is 1. The van der Waals surface area contributed by atoms with Gasteiger partial charge < -0.3 is 9.80 Å². The van der Waals surface area contributed by atoms with E-state index in [4.69, 9.17) is 5.26 Å². The number of anilines is 2. The molecule has 4 nitrogen and oxygen atoms in total. The van der Waals surface area contributed by atoms with E-state index in [0.29, 0.717) is 12.2 Å². The number of aromatic nitrogens is 1. The Bertz CT molecular complexity index is 857. The second kappa shape index (κ2) is 7.47. The topological polar surface area (TPSA) is 43.2 Å². The van der Waals surface area contributed by atoms with Crippen molar-refractivity contribution in [3.63, 3.8) is 0 Å². The van der Waals surface area contributed by atoms with E-state index in [1.165, 1.54) is 6.07 Å². The Morgan fingerprint density at radius 2 is 2.04 bits per heavy atom. The minimum absolute atomic E-state index is 0.0771. The highest BCUT2D eigenvalue weighted by atomic mass is 19.4. The third-order valence-electron chi connectivity index (χ3n) is 5.01. The predicted octanol–water partition coefficient (Wildman–Crippen LogP) is 4.39. The highest BCUT2D eigenvalue weighted by molar-refractivity contribution is 5.56. The Kier molecular flexibility index (Phi) is 5.26. The smallest absolute Gasteiger partial charge is 0.370 e. The number of halogens is 3. The van der Waals surface area contributed by atoms with Gasteiger partial charge >= 0.3 is 6.18 Å². The first-order chi connectivity index (χ1) is 12.8. The van der Waals surface area contributed by atoms with Gasteiger partial charge in [0, 0.05) is 38.1 Å². The van der Waals surface area contributed by atoms with Crippen LogP contribution in [-0.2, 0) is 6.18 Å². The summed E-state index contributed by atoms with van der Waals surface area (Å²) in [6, 6.07) is 7.68. The number of nitrogens with zero attached hydrogens (tertiary/aromatic N) is 4.